The normalized spacial score (nSPS) is 29.2. The molecule has 2 aliphatic heterocycles. The summed E-state index contributed by atoms with van der Waals surface area (Å²) in [6, 6.07) is 3.90. The Kier molecular flexibility index (Phi) is 4.37. The maximum Gasteiger partial charge on any atom is 0.260 e. The summed E-state index contributed by atoms with van der Waals surface area (Å²) in [7, 11) is 0. The molecule has 0 N–H and O–H groups in total. The molecular weight excluding hydrogens is 325 g/mol. The predicted octanol–water partition coefficient (Wildman–Crippen LogP) is 1.41. The molecule has 1 unspecified atom stereocenters. The van der Waals surface area contributed by atoms with Crippen LogP contribution in [0.3, 0.4) is 0 Å². The predicted molar refractivity (Wildman–Crippen MR) is 90.2 cm³/mol. The smallest absolute Gasteiger partial charge is 0.260 e. The fourth-order valence-electron chi connectivity index (χ4n) is 3.85. The van der Waals surface area contributed by atoms with Crippen LogP contribution in [0, 0.1) is 0 Å². The number of hydrogen-bond donors (Lipinski definition) is 0. The number of carbonyl (C=O) groups excluding carboxylic acids is 1. The van der Waals surface area contributed by atoms with Gasteiger partial charge in [0.1, 0.15) is 5.60 Å². The number of alkyl halides is 1. The molecule has 1 aromatic heterocycles. The molecule has 1 aromatic rings. The Bertz CT molecular complexity index is 625. The first-order valence-electron chi connectivity index (χ1n) is 8.95. The molecule has 1 aliphatic carbocycles. The van der Waals surface area contributed by atoms with Crippen LogP contribution in [-0.2, 0) is 14.3 Å². The highest BCUT2D eigenvalue weighted by atomic mass is 19.1. The van der Waals surface area contributed by atoms with Crippen molar-refractivity contribution in [3.05, 3.63) is 24.5 Å². The second kappa shape index (κ2) is 6.53. The van der Waals surface area contributed by atoms with E-state index in [2.05, 4.69) is 9.88 Å². The van der Waals surface area contributed by atoms with Gasteiger partial charge in [-0.1, -0.05) is 0 Å². The second-order valence-corrected chi connectivity index (χ2v) is 7.26. The molecule has 0 bridgehead atoms. The summed E-state index contributed by atoms with van der Waals surface area (Å²) in [5.41, 5.74) is -1.28. The van der Waals surface area contributed by atoms with Crippen molar-refractivity contribution in [3.63, 3.8) is 0 Å². The van der Waals surface area contributed by atoms with Gasteiger partial charge in [-0.25, -0.2) is 4.39 Å². The number of halogens is 1. The summed E-state index contributed by atoms with van der Waals surface area (Å²) >= 11 is 0. The third kappa shape index (κ3) is 3.22. The van der Waals surface area contributed by atoms with Gasteiger partial charge in [0, 0.05) is 19.3 Å². The maximum absolute atomic E-state index is 14.6. The number of rotatable bonds is 2. The van der Waals surface area contributed by atoms with Gasteiger partial charge in [0.2, 0.25) is 0 Å². The van der Waals surface area contributed by atoms with Crippen LogP contribution in [-0.4, -0.2) is 73.1 Å². The van der Waals surface area contributed by atoms with E-state index in [-0.39, 0.29) is 5.91 Å². The number of amides is 1. The van der Waals surface area contributed by atoms with Crippen molar-refractivity contribution < 1.29 is 18.7 Å². The quantitative estimate of drug-likeness (QED) is 0.808. The molecule has 4 rings (SSSR count). The van der Waals surface area contributed by atoms with E-state index < -0.39 is 11.3 Å². The standard InChI is InChI=1S/C18H24FN3O3/c19-18(4-2-5-18)16(23)22-8-10-25-17(13-22)12-21(7-9-24-14-17)15-3-1-6-20-11-15/h1,3,6,11H,2,4-5,7-10,12-14H2. The van der Waals surface area contributed by atoms with E-state index in [0.29, 0.717) is 52.3 Å². The summed E-state index contributed by atoms with van der Waals surface area (Å²) < 4.78 is 26.4. The Morgan fingerprint density at radius 1 is 1.24 bits per heavy atom. The van der Waals surface area contributed by atoms with Gasteiger partial charge >= 0.3 is 0 Å². The van der Waals surface area contributed by atoms with Crippen molar-refractivity contribution in [2.24, 2.45) is 0 Å². The van der Waals surface area contributed by atoms with Crippen molar-refractivity contribution in [1.29, 1.82) is 0 Å². The molecule has 0 aromatic carbocycles. The third-order valence-electron chi connectivity index (χ3n) is 5.43. The van der Waals surface area contributed by atoms with E-state index in [0.717, 1.165) is 18.7 Å². The largest absolute Gasteiger partial charge is 0.376 e. The van der Waals surface area contributed by atoms with E-state index >= 15 is 0 Å². The molecule has 136 valence electrons. The fourth-order valence-corrected chi connectivity index (χ4v) is 3.85. The number of anilines is 1. The van der Waals surface area contributed by atoms with Crippen LogP contribution in [0.4, 0.5) is 10.1 Å². The van der Waals surface area contributed by atoms with E-state index in [4.69, 9.17) is 9.47 Å². The Morgan fingerprint density at radius 2 is 2.12 bits per heavy atom. The van der Waals surface area contributed by atoms with E-state index in [9.17, 15) is 9.18 Å². The minimum absolute atomic E-state index is 0.342. The van der Waals surface area contributed by atoms with Crippen LogP contribution in [0.1, 0.15) is 19.3 Å². The van der Waals surface area contributed by atoms with Crippen molar-refractivity contribution in [3.8, 4) is 0 Å². The zero-order chi connectivity index (χ0) is 17.3. The lowest BCUT2D eigenvalue weighted by atomic mass is 9.80. The highest BCUT2D eigenvalue weighted by molar-refractivity contribution is 5.86. The van der Waals surface area contributed by atoms with Gasteiger partial charge in [-0.2, -0.15) is 0 Å². The van der Waals surface area contributed by atoms with Gasteiger partial charge in [-0.3, -0.25) is 9.78 Å². The van der Waals surface area contributed by atoms with Gasteiger partial charge < -0.3 is 19.3 Å². The Labute approximate surface area is 146 Å². The molecule has 0 radical (unpaired) electrons. The number of morpholine rings is 1. The number of pyridine rings is 1. The molecule has 3 aliphatic rings. The molecule has 1 atom stereocenters. The molecule has 3 heterocycles. The Balaban J connectivity index is 1.51. The van der Waals surface area contributed by atoms with Crippen LogP contribution >= 0.6 is 0 Å². The van der Waals surface area contributed by atoms with Gasteiger partial charge in [0.25, 0.3) is 5.91 Å². The molecular formula is C18H24FN3O3. The molecule has 25 heavy (non-hydrogen) atoms. The van der Waals surface area contributed by atoms with Crippen LogP contribution in [0.15, 0.2) is 24.5 Å². The van der Waals surface area contributed by atoms with Crippen molar-refractivity contribution >= 4 is 11.6 Å². The Hall–Kier alpha value is -1.73. The highest BCUT2D eigenvalue weighted by Gasteiger charge is 2.50. The lowest BCUT2D eigenvalue weighted by Gasteiger charge is -2.46. The molecule has 7 heteroatoms. The first-order chi connectivity index (χ1) is 12.1. The monoisotopic (exact) mass is 349 g/mol. The zero-order valence-electron chi connectivity index (χ0n) is 14.3. The molecule has 3 fully saturated rings. The molecule has 1 spiro atoms. The zero-order valence-corrected chi connectivity index (χ0v) is 14.3. The minimum Gasteiger partial charge on any atom is -0.376 e. The second-order valence-electron chi connectivity index (χ2n) is 7.26. The van der Waals surface area contributed by atoms with E-state index in [1.165, 1.54) is 0 Å². The fraction of sp³-hybridized carbons (Fsp3) is 0.667. The number of carbonyl (C=O) groups is 1. The molecule has 1 saturated carbocycles. The summed E-state index contributed by atoms with van der Waals surface area (Å²) in [6.07, 6.45) is 5.03. The van der Waals surface area contributed by atoms with Crippen molar-refractivity contribution in [1.82, 2.24) is 9.88 Å². The summed E-state index contributed by atoms with van der Waals surface area (Å²) in [4.78, 5) is 20.6. The van der Waals surface area contributed by atoms with Gasteiger partial charge in [0.15, 0.2) is 5.67 Å². The Morgan fingerprint density at radius 3 is 2.84 bits per heavy atom. The van der Waals surface area contributed by atoms with E-state index in [1.807, 2.05) is 18.3 Å². The first-order valence-corrected chi connectivity index (χ1v) is 8.95. The number of nitrogens with zero attached hydrogens (tertiary/aromatic N) is 3. The van der Waals surface area contributed by atoms with Crippen LogP contribution in [0.5, 0.6) is 0 Å². The van der Waals surface area contributed by atoms with Crippen LogP contribution in [0.2, 0.25) is 0 Å². The summed E-state index contributed by atoms with van der Waals surface area (Å²) in [6.45, 7) is 3.55. The molecule has 6 nitrogen and oxygen atoms in total. The minimum atomic E-state index is -1.66. The summed E-state index contributed by atoms with van der Waals surface area (Å²) in [5.74, 6) is -0.376. The van der Waals surface area contributed by atoms with Gasteiger partial charge in [-0.15, -0.1) is 0 Å². The van der Waals surface area contributed by atoms with Crippen molar-refractivity contribution in [2.75, 3.05) is 50.9 Å². The summed E-state index contributed by atoms with van der Waals surface area (Å²) in [5, 5.41) is 0. The number of aromatic nitrogens is 1. The number of hydrogen-bond acceptors (Lipinski definition) is 5. The maximum atomic E-state index is 14.6. The molecule has 1 amide bonds. The lowest BCUT2D eigenvalue weighted by Crippen LogP contribution is -2.63. The molecule has 2 saturated heterocycles. The van der Waals surface area contributed by atoms with E-state index in [1.54, 1.807) is 11.1 Å². The number of ether oxygens (including phenoxy) is 2. The van der Waals surface area contributed by atoms with Crippen molar-refractivity contribution in [2.45, 2.75) is 30.5 Å². The third-order valence-corrected chi connectivity index (χ3v) is 5.43. The SMILES string of the molecule is O=C(N1CCOC2(COCCN(c3cccnc3)C2)C1)C1(F)CCC1. The topological polar surface area (TPSA) is 54.9 Å². The van der Waals surface area contributed by atoms with Gasteiger partial charge in [-0.05, 0) is 31.4 Å². The average Bonchev–Trinajstić information content (AvgIpc) is 2.82. The highest BCUT2D eigenvalue weighted by Crippen LogP contribution is 2.38. The lowest BCUT2D eigenvalue weighted by molar-refractivity contribution is -0.171. The van der Waals surface area contributed by atoms with Crippen LogP contribution < -0.4 is 4.90 Å². The van der Waals surface area contributed by atoms with Crippen LogP contribution in [0.25, 0.3) is 0 Å². The average molecular weight is 349 g/mol. The van der Waals surface area contributed by atoms with Gasteiger partial charge in [0.05, 0.1) is 44.8 Å². The first kappa shape index (κ1) is 16.7.